The van der Waals surface area contributed by atoms with Crippen LogP contribution < -0.4 is 0 Å². The lowest BCUT2D eigenvalue weighted by Crippen LogP contribution is -1.97. The van der Waals surface area contributed by atoms with E-state index in [0.717, 1.165) is 11.1 Å². The fourth-order valence-corrected chi connectivity index (χ4v) is 1.83. The Bertz CT molecular complexity index is 543. The molecule has 0 aromatic heterocycles. The van der Waals surface area contributed by atoms with Crippen molar-refractivity contribution in [2.75, 3.05) is 0 Å². The third-order valence-corrected chi connectivity index (χ3v) is 2.67. The third kappa shape index (κ3) is 4.44. The molecule has 0 aliphatic carbocycles. The van der Waals surface area contributed by atoms with E-state index >= 15 is 0 Å². The fourth-order valence-electron chi connectivity index (χ4n) is 1.83. The lowest BCUT2D eigenvalue weighted by atomic mass is 9.92. The highest BCUT2D eigenvalue weighted by atomic mass is 16.6. The molecule has 0 N–H and O–H groups in total. The summed E-state index contributed by atoms with van der Waals surface area (Å²) in [5.74, 6) is 2.60. The maximum atomic E-state index is 10.6. The number of hydrogen-bond donors (Lipinski definition) is 0. The van der Waals surface area contributed by atoms with Gasteiger partial charge in [-0.15, -0.1) is 6.42 Å². The summed E-state index contributed by atoms with van der Waals surface area (Å²) in [5, 5.41) is 10.6. The van der Waals surface area contributed by atoms with Crippen molar-refractivity contribution in [2.45, 2.75) is 26.2 Å². The van der Waals surface area contributed by atoms with Crippen molar-refractivity contribution >= 4 is 5.69 Å². The number of hydrogen-bond acceptors (Lipinski definition) is 2. The molecular weight excluding hydrogens is 238 g/mol. The van der Waals surface area contributed by atoms with Gasteiger partial charge in [-0.25, -0.2) is 0 Å². The second-order valence-corrected chi connectivity index (χ2v) is 4.65. The van der Waals surface area contributed by atoms with Gasteiger partial charge in [0.15, 0.2) is 0 Å². The lowest BCUT2D eigenvalue weighted by molar-refractivity contribution is -0.384. The molecule has 0 heterocycles. The largest absolute Gasteiger partial charge is 0.269 e. The number of nitro benzene ring substituents is 1. The van der Waals surface area contributed by atoms with E-state index in [1.165, 1.54) is 17.7 Å². The summed E-state index contributed by atoms with van der Waals surface area (Å²) >= 11 is 0. The van der Waals surface area contributed by atoms with Crippen LogP contribution in [-0.4, -0.2) is 4.92 Å². The third-order valence-electron chi connectivity index (χ3n) is 2.67. The molecule has 1 rings (SSSR count). The molecule has 0 spiro atoms. The Balaban J connectivity index is 2.87. The van der Waals surface area contributed by atoms with Crippen molar-refractivity contribution < 1.29 is 4.92 Å². The van der Waals surface area contributed by atoms with E-state index in [0.29, 0.717) is 6.42 Å². The summed E-state index contributed by atoms with van der Waals surface area (Å²) in [5.41, 5.74) is 3.10. The summed E-state index contributed by atoms with van der Waals surface area (Å²) < 4.78 is 0. The molecule has 0 saturated carbocycles. The minimum absolute atomic E-state index is 0.0719. The second-order valence-electron chi connectivity index (χ2n) is 4.65. The van der Waals surface area contributed by atoms with Crippen molar-refractivity contribution in [2.24, 2.45) is 0 Å². The first-order valence-corrected chi connectivity index (χ1v) is 5.97. The number of nitrogens with zero attached hydrogens (tertiary/aromatic N) is 1. The number of allylic oxidation sites excluding steroid dienone is 3. The molecule has 19 heavy (non-hydrogen) atoms. The standard InChI is InChI=1S/C16H17NO2/c1-5-14(11-13(4)10-12(2)3)15-6-8-16(9-7-15)17(18)19/h1,6-10,14H,4,11H2,2-3H3. The number of non-ortho nitro benzene ring substituents is 1. The van der Waals surface area contributed by atoms with Crippen molar-refractivity contribution in [1.82, 2.24) is 0 Å². The van der Waals surface area contributed by atoms with E-state index in [1.54, 1.807) is 12.1 Å². The highest BCUT2D eigenvalue weighted by Crippen LogP contribution is 2.25. The van der Waals surface area contributed by atoms with Gasteiger partial charge in [-0.1, -0.05) is 41.9 Å². The van der Waals surface area contributed by atoms with E-state index < -0.39 is 4.92 Å². The maximum Gasteiger partial charge on any atom is 0.269 e. The molecular formula is C16H17NO2. The van der Waals surface area contributed by atoms with E-state index in [2.05, 4.69) is 12.5 Å². The fraction of sp³-hybridized carbons (Fsp3) is 0.250. The molecule has 0 aliphatic rings. The normalized spacial score (nSPS) is 11.2. The number of nitro groups is 1. The van der Waals surface area contributed by atoms with Gasteiger partial charge in [-0.2, -0.15) is 0 Å². The summed E-state index contributed by atoms with van der Waals surface area (Å²) in [6, 6.07) is 6.36. The van der Waals surface area contributed by atoms with Gasteiger partial charge in [0.1, 0.15) is 0 Å². The van der Waals surface area contributed by atoms with Crippen molar-refractivity contribution in [3.63, 3.8) is 0 Å². The van der Waals surface area contributed by atoms with Crippen molar-refractivity contribution in [3.05, 3.63) is 63.7 Å². The van der Waals surface area contributed by atoms with Crippen molar-refractivity contribution in [3.8, 4) is 12.3 Å². The molecule has 1 unspecified atom stereocenters. The Morgan fingerprint density at radius 2 is 2.05 bits per heavy atom. The van der Waals surface area contributed by atoms with Crippen molar-refractivity contribution in [1.29, 1.82) is 0 Å². The zero-order chi connectivity index (χ0) is 14.4. The zero-order valence-electron chi connectivity index (χ0n) is 11.2. The first kappa shape index (κ1) is 14.7. The molecule has 1 aromatic rings. The van der Waals surface area contributed by atoms with Gasteiger partial charge in [0, 0.05) is 18.1 Å². The van der Waals surface area contributed by atoms with Crippen LogP contribution in [0.25, 0.3) is 0 Å². The number of terminal acetylenes is 1. The molecule has 0 aliphatic heterocycles. The first-order valence-electron chi connectivity index (χ1n) is 5.97. The quantitative estimate of drug-likeness (QED) is 0.342. The van der Waals surface area contributed by atoms with E-state index in [4.69, 9.17) is 6.42 Å². The first-order chi connectivity index (χ1) is 8.93. The number of benzene rings is 1. The predicted molar refractivity (Wildman–Crippen MR) is 77.9 cm³/mol. The molecule has 0 fully saturated rings. The monoisotopic (exact) mass is 255 g/mol. The Kier molecular flexibility index (Phi) is 5.08. The Hall–Kier alpha value is -2.34. The van der Waals surface area contributed by atoms with Gasteiger partial charge in [0.2, 0.25) is 0 Å². The second kappa shape index (κ2) is 6.55. The maximum absolute atomic E-state index is 10.6. The molecule has 0 radical (unpaired) electrons. The van der Waals surface area contributed by atoms with Gasteiger partial charge >= 0.3 is 0 Å². The van der Waals surface area contributed by atoms with Crippen LogP contribution in [0.1, 0.15) is 31.7 Å². The highest BCUT2D eigenvalue weighted by molar-refractivity contribution is 5.38. The average molecular weight is 255 g/mol. The van der Waals surface area contributed by atoms with Crippen LogP contribution >= 0.6 is 0 Å². The highest BCUT2D eigenvalue weighted by Gasteiger charge is 2.11. The van der Waals surface area contributed by atoms with Crippen LogP contribution in [0, 0.1) is 22.5 Å². The summed E-state index contributed by atoms with van der Waals surface area (Å²) in [7, 11) is 0. The average Bonchev–Trinajstić information content (AvgIpc) is 2.35. The molecule has 1 aromatic carbocycles. The molecule has 3 heteroatoms. The Morgan fingerprint density at radius 1 is 1.47 bits per heavy atom. The summed E-state index contributed by atoms with van der Waals surface area (Å²) in [4.78, 5) is 10.2. The molecule has 0 amide bonds. The topological polar surface area (TPSA) is 43.1 Å². The molecule has 1 atom stereocenters. The predicted octanol–water partition coefficient (Wildman–Crippen LogP) is 4.22. The smallest absolute Gasteiger partial charge is 0.258 e. The molecule has 98 valence electrons. The summed E-state index contributed by atoms with van der Waals surface area (Å²) in [6.07, 6.45) is 8.18. The van der Waals surface area contributed by atoms with Crippen LogP contribution in [0.2, 0.25) is 0 Å². The minimum Gasteiger partial charge on any atom is -0.258 e. The van der Waals surface area contributed by atoms with Gasteiger partial charge in [-0.05, 0) is 25.8 Å². The molecule has 0 saturated heterocycles. The van der Waals surface area contributed by atoms with Gasteiger partial charge in [0.05, 0.1) is 4.92 Å². The van der Waals surface area contributed by atoms with Gasteiger partial charge in [0.25, 0.3) is 5.69 Å². The minimum atomic E-state index is -0.420. The van der Waals surface area contributed by atoms with Crippen LogP contribution in [0.5, 0.6) is 0 Å². The Morgan fingerprint density at radius 3 is 2.47 bits per heavy atom. The lowest BCUT2D eigenvalue weighted by Gasteiger charge is -2.11. The number of rotatable bonds is 5. The zero-order valence-corrected chi connectivity index (χ0v) is 11.2. The van der Waals surface area contributed by atoms with Gasteiger partial charge in [-0.3, -0.25) is 10.1 Å². The van der Waals surface area contributed by atoms with Gasteiger partial charge < -0.3 is 0 Å². The summed E-state index contributed by atoms with van der Waals surface area (Å²) in [6.45, 7) is 7.98. The van der Waals surface area contributed by atoms with Crippen LogP contribution in [-0.2, 0) is 0 Å². The van der Waals surface area contributed by atoms with E-state index in [-0.39, 0.29) is 11.6 Å². The van der Waals surface area contributed by atoms with E-state index in [1.807, 2.05) is 19.9 Å². The van der Waals surface area contributed by atoms with Crippen LogP contribution in [0.15, 0.2) is 48.1 Å². The SMILES string of the molecule is C#CC(CC(=C)C=C(C)C)c1ccc([N+](=O)[O-])cc1. The Labute approximate surface area is 113 Å². The van der Waals surface area contributed by atoms with Crippen LogP contribution in [0.4, 0.5) is 5.69 Å². The van der Waals surface area contributed by atoms with Crippen LogP contribution in [0.3, 0.4) is 0 Å². The molecule has 3 nitrogen and oxygen atoms in total. The molecule has 0 bridgehead atoms. The van der Waals surface area contributed by atoms with E-state index in [9.17, 15) is 10.1 Å².